The highest BCUT2D eigenvalue weighted by Gasteiger charge is 2.33. The van der Waals surface area contributed by atoms with E-state index in [1.165, 1.54) is 9.47 Å². The predicted octanol–water partition coefficient (Wildman–Crippen LogP) is 1.33. The summed E-state index contributed by atoms with van der Waals surface area (Å²) in [5.74, 6) is -1.09. The highest BCUT2D eigenvalue weighted by Crippen LogP contribution is 2.19. The lowest BCUT2D eigenvalue weighted by Gasteiger charge is -2.21. The number of fused-ring (bicyclic) bond motifs is 1. The minimum Gasteiger partial charge on any atom is -0.480 e. The van der Waals surface area contributed by atoms with Gasteiger partial charge in [0.2, 0.25) is 5.91 Å². The summed E-state index contributed by atoms with van der Waals surface area (Å²) < 4.78 is 1.19. The number of unbranched alkanes of at least 4 members (excludes halogenated alkanes) is 2. The molecule has 0 spiro atoms. The molecule has 1 aliphatic rings. The van der Waals surface area contributed by atoms with Gasteiger partial charge in [-0.25, -0.2) is 9.59 Å². The number of carbonyl (C=O) groups is 2. The predicted molar refractivity (Wildman–Crippen MR) is 99.7 cm³/mol. The third kappa shape index (κ3) is 4.10. The van der Waals surface area contributed by atoms with Gasteiger partial charge in [0.25, 0.3) is 5.56 Å². The van der Waals surface area contributed by atoms with E-state index in [1.54, 1.807) is 24.3 Å². The number of para-hydroxylation sites is 1. The fourth-order valence-electron chi connectivity index (χ4n) is 3.59. The van der Waals surface area contributed by atoms with Crippen molar-refractivity contribution in [2.75, 3.05) is 6.54 Å². The Kier molecular flexibility index (Phi) is 5.73. The van der Waals surface area contributed by atoms with E-state index >= 15 is 0 Å². The Balaban J connectivity index is 1.52. The number of H-pyrrole nitrogens is 1. The number of carbonyl (C=O) groups excluding carboxylic acids is 1. The van der Waals surface area contributed by atoms with Gasteiger partial charge in [0.05, 0.1) is 10.9 Å². The second-order valence-corrected chi connectivity index (χ2v) is 6.83. The zero-order valence-electron chi connectivity index (χ0n) is 15.0. The molecule has 1 aliphatic heterocycles. The monoisotopic (exact) mass is 373 g/mol. The molecular formula is C19H23N3O5. The van der Waals surface area contributed by atoms with Crippen LogP contribution in [-0.2, 0) is 16.1 Å². The Labute approximate surface area is 155 Å². The van der Waals surface area contributed by atoms with Crippen molar-refractivity contribution < 1.29 is 14.7 Å². The highest BCUT2D eigenvalue weighted by molar-refractivity contribution is 5.84. The molecule has 2 heterocycles. The van der Waals surface area contributed by atoms with E-state index in [2.05, 4.69) is 4.98 Å². The van der Waals surface area contributed by atoms with E-state index in [0.717, 1.165) is 6.42 Å². The molecule has 144 valence electrons. The van der Waals surface area contributed by atoms with E-state index in [4.69, 9.17) is 5.11 Å². The van der Waals surface area contributed by atoms with Crippen LogP contribution in [0.5, 0.6) is 0 Å². The summed E-state index contributed by atoms with van der Waals surface area (Å²) in [5, 5.41) is 9.61. The summed E-state index contributed by atoms with van der Waals surface area (Å²) in [4.78, 5) is 52.0. The van der Waals surface area contributed by atoms with Crippen LogP contribution in [-0.4, -0.2) is 44.0 Å². The van der Waals surface area contributed by atoms with E-state index in [-0.39, 0.29) is 24.4 Å². The first-order chi connectivity index (χ1) is 13.0. The molecule has 8 heteroatoms. The summed E-state index contributed by atoms with van der Waals surface area (Å²) in [6, 6.07) is 6.18. The first-order valence-electron chi connectivity index (χ1n) is 9.23. The molecule has 1 unspecified atom stereocenters. The largest absolute Gasteiger partial charge is 0.480 e. The SMILES string of the molecule is O=C(O)C1CCCN1C(=O)CCCCCn1c(=O)[nH]c2ccccc2c1=O. The molecule has 1 aromatic carbocycles. The van der Waals surface area contributed by atoms with Crippen LogP contribution in [0.2, 0.25) is 0 Å². The number of aliphatic carboxylic acids is 1. The number of likely N-dealkylation sites (tertiary alicyclic amines) is 1. The summed E-state index contributed by atoms with van der Waals surface area (Å²) >= 11 is 0. The number of carboxylic acid groups (broad SMARTS) is 1. The number of amides is 1. The lowest BCUT2D eigenvalue weighted by atomic mass is 10.1. The number of rotatable bonds is 7. The molecule has 0 saturated carbocycles. The molecule has 1 aromatic heterocycles. The zero-order valence-corrected chi connectivity index (χ0v) is 15.0. The number of nitrogens with one attached hydrogen (secondary N) is 1. The zero-order chi connectivity index (χ0) is 19.4. The molecule has 1 fully saturated rings. The molecule has 0 radical (unpaired) electrons. The fourth-order valence-corrected chi connectivity index (χ4v) is 3.59. The lowest BCUT2D eigenvalue weighted by Crippen LogP contribution is -2.40. The average Bonchev–Trinajstić information content (AvgIpc) is 3.14. The van der Waals surface area contributed by atoms with Crippen molar-refractivity contribution in [2.45, 2.75) is 51.1 Å². The maximum atomic E-state index is 12.4. The number of aromatic amines is 1. The number of hydrogen-bond donors (Lipinski definition) is 2. The number of carboxylic acids is 1. The molecule has 0 aliphatic carbocycles. The normalized spacial score (nSPS) is 16.7. The molecule has 1 amide bonds. The van der Waals surface area contributed by atoms with Crippen molar-refractivity contribution in [2.24, 2.45) is 0 Å². The number of hydrogen-bond acceptors (Lipinski definition) is 4. The third-order valence-corrected chi connectivity index (χ3v) is 5.02. The third-order valence-electron chi connectivity index (χ3n) is 5.02. The van der Waals surface area contributed by atoms with Crippen LogP contribution < -0.4 is 11.2 Å². The molecule has 8 nitrogen and oxygen atoms in total. The van der Waals surface area contributed by atoms with Gasteiger partial charge in [0.1, 0.15) is 6.04 Å². The van der Waals surface area contributed by atoms with Crippen molar-refractivity contribution in [3.63, 3.8) is 0 Å². The van der Waals surface area contributed by atoms with E-state index in [1.807, 2.05) is 0 Å². The second kappa shape index (κ2) is 8.20. The van der Waals surface area contributed by atoms with Gasteiger partial charge in [-0.3, -0.25) is 14.2 Å². The van der Waals surface area contributed by atoms with Crippen LogP contribution >= 0.6 is 0 Å². The Morgan fingerprint density at radius 3 is 2.70 bits per heavy atom. The van der Waals surface area contributed by atoms with Crippen LogP contribution in [0.25, 0.3) is 10.9 Å². The van der Waals surface area contributed by atoms with Crippen LogP contribution in [0.3, 0.4) is 0 Å². The quantitative estimate of drug-likeness (QED) is 0.711. The minimum absolute atomic E-state index is 0.138. The first kappa shape index (κ1) is 18.9. The summed E-state index contributed by atoms with van der Waals surface area (Å²) in [6.07, 6.45) is 3.38. The molecule has 3 rings (SSSR count). The van der Waals surface area contributed by atoms with Gasteiger partial charge in [-0.2, -0.15) is 0 Å². The fraction of sp³-hybridized carbons (Fsp3) is 0.474. The topological polar surface area (TPSA) is 112 Å². The van der Waals surface area contributed by atoms with Crippen molar-refractivity contribution in [3.05, 3.63) is 45.1 Å². The maximum absolute atomic E-state index is 12.4. The molecule has 1 saturated heterocycles. The molecule has 2 N–H and O–H groups in total. The van der Waals surface area contributed by atoms with Crippen LogP contribution in [0, 0.1) is 0 Å². The van der Waals surface area contributed by atoms with Gasteiger partial charge in [-0.05, 0) is 37.8 Å². The summed E-state index contributed by atoms with van der Waals surface area (Å²) in [5.41, 5.74) is -0.226. The maximum Gasteiger partial charge on any atom is 0.328 e. The van der Waals surface area contributed by atoms with E-state index in [0.29, 0.717) is 43.1 Å². The van der Waals surface area contributed by atoms with E-state index in [9.17, 15) is 19.2 Å². The molecule has 0 bridgehead atoms. The van der Waals surface area contributed by atoms with Gasteiger partial charge in [0.15, 0.2) is 0 Å². The van der Waals surface area contributed by atoms with Crippen molar-refractivity contribution in [1.82, 2.24) is 14.5 Å². The van der Waals surface area contributed by atoms with Crippen molar-refractivity contribution in [3.8, 4) is 0 Å². The lowest BCUT2D eigenvalue weighted by molar-refractivity contribution is -0.148. The van der Waals surface area contributed by atoms with Gasteiger partial charge in [-0.15, -0.1) is 0 Å². The standard InChI is InChI=1S/C19H23N3O5/c23-16(21-12-6-9-15(21)18(25)26)10-2-1-5-11-22-17(24)13-7-3-4-8-14(13)20-19(22)27/h3-4,7-8,15H,1-2,5-6,9-12H2,(H,20,27)(H,25,26). The number of benzene rings is 1. The van der Waals surface area contributed by atoms with Crippen LogP contribution in [0.4, 0.5) is 0 Å². The van der Waals surface area contributed by atoms with Crippen LogP contribution in [0.15, 0.2) is 33.9 Å². The minimum atomic E-state index is -0.948. The highest BCUT2D eigenvalue weighted by atomic mass is 16.4. The summed E-state index contributed by atoms with van der Waals surface area (Å²) in [6.45, 7) is 0.784. The Bertz CT molecular complexity index is 962. The van der Waals surface area contributed by atoms with E-state index < -0.39 is 17.7 Å². The number of aromatic nitrogens is 2. The average molecular weight is 373 g/mol. The van der Waals surface area contributed by atoms with Gasteiger partial charge in [-0.1, -0.05) is 18.6 Å². The van der Waals surface area contributed by atoms with Crippen molar-refractivity contribution >= 4 is 22.8 Å². The smallest absolute Gasteiger partial charge is 0.328 e. The Morgan fingerprint density at radius 1 is 1.15 bits per heavy atom. The first-order valence-corrected chi connectivity index (χ1v) is 9.23. The van der Waals surface area contributed by atoms with Gasteiger partial charge in [0, 0.05) is 19.5 Å². The Morgan fingerprint density at radius 2 is 1.93 bits per heavy atom. The summed E-state index contributed by atoms with van der Waals surface area (Å²) in [7, 11) is 0. The second-order valence-electron chi connectivity index (χ2n) is 6.83. The molecule has 2 aromatic rings. The molecule has 1 atom stereocenters. The van der Waals surface area contributed by atoms with Crippen LogP contribution in [0.1, 0.15) is 38.5 Å². The molecular weight excluding hydrogens is 350 g/mol. The number of nitrogens with zero attached hydrogens (tertiary/aromatic N) is 2. The van der Waals surface area contributed by atoms with Gasteiger partial charge >= 0.3 is 11.7 Å². The Hall–Kier alpha value is -2.90. The molecule has 27 heavy (non-hydrogen) atoms. The van der Waals surface area contributed by atoms with Crippen molar-refractivity contribution in [1.29, 1.82) is 0 Å². The van der Waals surface area contributed by atoms with Gasteiger partial charge < -0.3 is 15.0 Å².